The Balaban J connectivity index is 1.84. The van der Waals surface area contributed by atoms with E-state index in [2.05, 4.69) is 10.2 Å². The van der Waals surface area contributed by atoms with E-state index in [-0.39, 0.29) is 21.5 Å². The maximum Gasteiger partial charge on any atom is 0.252 e. The highest BCUT2D eigenvalue weighted by Gasteiger charge is 2.27. The van der Waals surface area contributed by atoms with Gasteiger partial charge in [-0.2, -0.15) is 0 Å². The van der Waals surface area contributed by atoms with Gasteiger partial charge in [0.15, 0.2) is 9.84 Å². The van der Waals surface area contributed by atoms with Crippen molar-refractivity contribution in [1.82, 2.24) is 10.2 Å². The first-order valence-corrected chi connectivity index (χ1v) is 11.7. The van der Waals surface area contributed by atoms with Gasteiger partial charge in [-0.3, -0.25) is 9.69 Å². The van der Waals surface area contributed by atoms with Crippen molar-refractivity contribution in [1.29, 1.82) is 0 Å². The van der Waals surface area contributed by atoms with Crippen LogP contribution in [-0.4, -0.2) is 52.2 Å². The number of ether oxygens (including phenoxy) is 1. The number of carbonyl (C=O) groups excluding carboxylic acids is 1. The predicted molar refractivity (Wildman–Crippen MR) is 113 cm³/mol. The van der Waals surface area contributed by atoms with E-state index in [1.54, 1.807) is 7.11 Å². The zero-order chi connectivity index (χ0) is 21.0. The first kappa shape index (κ1) is 21.6. The Bertz CT molecular complexity index is 988. The number of rotatable bonds is 7. The Morgan fingerprint density at radius 2 is 1.90 bits per heavy atom. The molecule has 1 unspecified atom stereocenters. The summed E-state index contributed by atoms with van der Waals surface area (Å²) in [6, 6.07) is 11.9. The number of hydrogen-bond acceptors (Lipinski definition) is 5. The number of carbonyl (C=O) groups is 1. The number of hydrogen-bond donors (Lipinski definition) is 1. The van der Waals surface area contributed by atoms with E-state index in [1.807, 2.05) is 24.3 Å². The van der Waals surface area contributed by atoms with Gasteiger partial charge in [0, 0.05) is 18.4 Å². The van der Waals surface area contributed by atoms with Crippen molar-refractivity contribution in [3.8, 4) is 5.75 Å². The summed E-state index contributed by atoms with van der Waals surface area (Å²) in [5.41, 5.74) is 1.16. The van der Waals surface area contributed by atoms with Crippen molar-refractivity contribution < 1.29 is 17.9 Å². The van der Waals surface area contributed by atoms with E-state index in [9.17, 15) is 13.2 Å². The largest absolute Gasteiger partial charge is 0.496 e. The van der Waals surface area contributed by atoms with Crippen LogP contribution in [0.15, 0.2) is 47.4 Å². The van der Waals surface area contributed by atoms with Crippen molar-refractivity contribution in [3.05, 3.63) is 58.6 Å². The zero-order valence-corrected chi connectivity index (χ0v) is 18.1. The number of para-hydroxylation sites is 1. The molecule has 8 heteroatoms. The summed E-state index contributed by atoms with van der Waals surface area (Å²) in [4.78, 5) is 15.2. The molecule has 6 nitrogen and oxygen atoms in total. The van der Waals surface area contributed by atoms with E-state index in [1.165, 1.54) is 18.2 Å². The molecule has 1 amide bonds. The molecular weight excluding hydrogens is 412 g/mol. The van der Waals surface area contributed by atoms with Gasteiger partial charge in [0.05, 0.1) is 28.6 Å². The smallest absolute Gasteiger partial charge is 0.252 e. The topological polar surface area (TPSA) is 75.7 Å². The summed E-state index contributed by atoms with van der Waals surface area (Å²) in [7, 11) is -1.80. The van der Waals surface area contributed by atoms with Gasteiger partial charge in [-0.15, -0.1) is 0 Å². The number of methoxy groups -OCH3 is 1. The fraction of sp³-hybridized carbons (Fsp3) is 0.381. The van der Waals surface area contributed by atoms with Crippen LogP contribution >= 0.6 is 11.6 Å². The number of nitrogens with zero attached hydrogens (tertiary/aromatic N) is 1. The zero-order valence-electron chi connectivity index (χ0n) is 16.5. The number of nitrogens with one attached hydrogen (secondary N) is 1. The second kappa shape index (κ2) is 9.15. The summed E-state index contributed by atoms with van der Waals surface area (Å²) >= 11 is 6.16. The summed E-state index contributed by atoms with van der Waals surface area (Å²) in [6.45, 7) is 2.25. The lowest BCUT2D eigenvalue weighted by atomic mass is 10.0. The molecule has 1 aliphatic heterocycles. The lowest BCUT2D eigenvalue weighted by Gasteiger charge is -2.29. The summed E-state index contributed by atoms with van der Waals surface area (Å²) in [5, 5.41) is 3.14. The van der Waals surface area contributed by atoms with Crippen molar-refractivity contribution >= 4 is 27.3 Å². The molecule has 0 aliphatic carbocycles. The Kier molecular flexibility index (Phi) is 6.82. The van der Waals surface area contributed by atoms with Gasteiger partial charge in [0.2, 0.25) is 0 Å². The number of likely N-dealkylation sites (tertiary alicyclic amines) is 1. The second-order valence-corrected chi connectivity index (χ2v) is 9.55. The lowest BCUT2D eigenvalue weighted by Crippen LogP contribution is -2.37. The van der Waals surface area contributed by atoms with Gasteiger partial charge < -0.3 is 10.1 Å². The molecule has 1 atom stereocenters. The average molecular weight is 437 g/mol. The van der Waals surface area contributed by atoms with Crippen LogP contribution in [0.2, 0.25) is 5.02 Å². The van der Waals surface area contributed by atoms with Crippen LogP contribution < -0.4 is 10.1 Å². The van der Waals surface area contributed by atoms with Gasteiger partial charge in [0.1, 0.15) is 5.75 Å². The van der Waals surface area contributed by atoms with Crippen LogP contribution in [-0.2, 0) is 9.84 Å². The minimum absolute atomic E-state index is 0.0468. The van der Waals surface area contributed by atoms with Crippen molar-refractivity contribution in [2.45, 2.75) is 23.8 Å². The van der Waals surface area contributed by atoms with E-state index in [4.69, 9.17) is 16.3 Å². The van der Waals surface area contributed by atoms with E-state index < -0.39 is 15.7 Å². The Morgan fingerprint density at radius 1 is 1.21 bits per heavy atom. The molecule has 0 spiro atoms. The molecule has 156 valence electrons. The van der Waals surface area contributed by atoms with Gasteiger partial charge in [-0.1, -0.05) is 29.8 Å². The van der Waals surface area contributed by atoms with Gasteiger partial charge in [0.25, 0.3) is 5.91 Å². The minimum atomic E-state index is -3.44. The molecule has 0 saturated carbocycles. The fourth-order valence-electron chi connectivity index (χ4n) is 3.62. The minimum Gasteiger partial charge on any atom is -0.496 e. The first-order chi connectivity index (χ1) is 13.8. The Labute approximate surface area is 176 Å². The van der Waals surface area contributed by atoms with Crippen LogP contribution in [0, 0.1) is 0 Å². The third-order valence-corrected chi connectivity index (χ3v) is 6.59. The number of amides is 1. The molecule has 1 saturated heterocycles. The molecule has 1 N–H and O–H groups in total. The van der Waals surface area contributed by atoms with Crippen LogP contribution in [0.5, 0.6) is 5.75 Å². The predicted octanol–water partition coefficient (Wildman–Crippen LogP) is 3.32. The van der Waals surface area contributed by atoms with Crippen LogP contribution in [0.1, 0.15) is 34.8 Å². The average Bonchev–Trinajstić information content (AvgIpc) is 3.22. The molecule has 2 aromatic carbocycles. The molecule has 3 rings (SSSR count). The van der Waals surface area contributed by atoms with Gasteiger partial charge in [-0.05, 0) is 50.2 Å². The van der Waals surface area contributed by atoms with Crippen molar-refractivity contribution in [2.75, 3.05) is 33.0 Å². The van der Waals surface area contributed by atoms with Gasteiger partial charge >= 0.3 is 0 Å². The molecular formula is C21H25ClN2O4S. The van der Waals surface area contributed by atoms with Crippen LogP contribution in [0.25, 0.3) is 0 Å². The maximum atomic E-state index is 12.8. The van der Waals surface area contributed by atoms with Gasteiger partial charge in [-0.25, -0.2) is 8.42 Å². The maximum absolute atomic E-state index is 12.8. The Morgan fingerprint density at radius 3 is 2.55 bits per heavy atom. The molecule has 1 heterocycles. The highest BCUT2D eigenvalue weighted by atomic mass is 35.5. The third kappa shape index (κ3) is 5.10. The van der Waals surface area contributed by atoms with Crippen LogP contribution in [0.4, 0.5) is 0 Å². The Hall–Kier alpha value is -2.09. The van der Waals surface area contributed by atoms with Crippen molar-refractivity contribution in [2.24, 2.45) is 0 Å². The molecule has 0 bridgehead atoms. The SMILES string of the molecule is COc1ccccc1C(CNC(=O)c1cc(S(C)(=O)=O)ccc1Cl)N1CCCC1. The molecule has 1 aliphatic rings. The molecule has 1 fully saturated rings. The quantitative estimate of drug-likeness (QED) is 0.720. The van der Waals surface area contributed by atoms with Crippen molar-refractivity contribution in [3.63, 3.8) is 0 Å². The third-order valence-electron chi connectivity index (χ3n) is 5.15. The van der Waals surface area contributed by atoms with Crippen LogP contribution in [0.3, 0.4) is 0 Å². The van der Waals surface area contributed by atoms with E-state index in [0.29, 0.717) is 6.54 Å². The number of sulfone groups is 1. The highest BCUT2D eigenvalue weighted by molar-refractivity contribution is 7.90. The normalized spacial score (nSPS) is 15.8. The standard InChI is InChI=1S/C21H25ClN2O4S/c1-28-20-8-4-3-7-16(20)19(24-11-5-6-12-24)14-23-21(25)17-13-15(29(2,26)27)9-10-18(17)22/h3-4,7-10,13,19H,5-6,11-12,14H2,1-2H3,(H,23,25). The second-order valence-electron chi connectivity index (χ2n) is 7.12. The first-order valence-electron chi connectivity index (χ1n) is 9.46. The summed E-state index contributed by atoms with van der Waals surface area (Å²) < 4.78 is 29.2. The lowest BCUT2D eigenvalue weighted by molar-refractivity contribution is 0.0937. The van der Waals surface area contributed by atoms with E-state index in [0.717, 1.165) is 43.5 Å². The molecule has 2 aromatic rings. The molecule has 29 heavy (non-hydrogen) atoms. The summed E-state index contributed by atoms with van der Waals surface area (Å²) in [6.07, 6.45) is 3.33. The summed E-state index contributed by atoms with van der Waals surface area (Å²) in [5.74, 6) is 0.371. The van der Waals surface area contributed by atoms with E-state index >= 15 is 0 Å². The molecule has 0 aromatic heterocycles. The number of benzene rings is 2. The molecule has 0 radical (unpaired) electrons. The number of halogens is 1. The fourth-order valence-corrected chi connectivity index (χ4v) is 4.47. The highest BCUT2D eigenvalue weighted by Crippen LogP contribution is 2.31. The monoisotopic (exact) mass is 436 g/mol.